The van der Waals surface area contributed by atoms with Crippen LogP contribution in [0.3, 0.4) is 0 Å². The van der Waals surface area contributed by atoms with E-state index in [2.05, 4.69) is 63.5 Å². The van der Waals surface area contributed by atoms with Crippen LogP contribution in [-0.2, 0) is 0 Å². The van der Waals surface area contributed by atoms with Crippen LogP contribution in [-0.4, -0.2) is 48.1 Å². The monoisotopic (exact) mass is 272 g/mol. The van der Waals surface area contributed by atoms with Crippen LogP contribution in [0.15, 0.2) is 0 Å². The second kappa shape index (κ2) is 7.16. The SMILES string of the molecule is CCSCCN1CC(C(C)C)NCC1C(C)(C)C. The van der Waals surface area contributed by atoms with E-state index in [0.717, 1.165) is 12.5 Å². The van der Waals surface area contributed by atoms with E-state index in [9.17, 15) is 0 Å². The van der Waals surface area contributed by atoms with E-state index < -0.39 is 0 Å². The lowest BCUT2D eigenvalue weighted by Gasteiger charge is -2.47. The third-order valence-corrected chi connectivity index (χ3v) is 4.86. The maximum absolute atomic E-state index is 3.75. The quantitative estimate of drug-likeness (QED) is 0.774. The third-order valence-electron chi connectivity index (χ3n) is 3.98. The van der Waals surface area contributed by atoms with Gasteiger partial charge in [-0.2, -0.15) is 11.8 Å². The van der Waals surface area contributed by atoms with Crippen LogP contribution < -0.4 is 5.32 Å². The van der Waals surface area contributed by atoms with E-state index in [1.807, 2.05) is 0 Å². The second-order valence-electron chi connectivity index (χ2n) is 6.83. The molecule has 1 aliphatic heterocycles. The summed E-state index contributed by atoms with van der Waals surface area (Å²) in [5, 5.41) is 3.75. The van der Waals surface area contributed by atoms with Crippen molar-refractivity contribution in [1.82, 2.24) is 10.2 Å². The smallest absolute Gasteiger partial charge is 0.0270 e. The molecule has 0 aromatic carbocycles. The predicted molar refractivity (Wildman–Crippen MR) is 84.4 cm³/mol. The Hall–Kier alpha value is 0.270. The van der Waals surface area contributed by atoms with Gasteiger partial charge in [-0.1, -0.05) is 41.5 Å². The Kier molecular flexibility index (Phi) is 6.49. The average Bonchev–Trinajstić information content (AvgIpc) is 2.27. The van der Waals surface area contributed by atoms with Gasteiger partial charge in [0, 0.05) is 37.5 Å². The molecule has 108 valence electrons. The largest absolute Gasteiger partial charge is 0.311 e. The number of hydrogen-bond acceptors (Lipinski definition) is 3. The molecule has 1 rings (SSSR count). The molecule has 3 heteroatoms. The molecule has 2 nitrogen and oxygen atoms in total. The molecule has 18 heavy (non-hydrogen) atoms. The summed E-state index contributed by atoms with van der Waals surface area (Å²) in [4.78, 5) is 2.73. The van der Waals surface area contributed by atoms with Crippen LogP contribution in [0.5, 0.6) is 0 Å². The second-order valence-corrected chi connectivity index (χ2v) is 8.23. The molecule has 0 bridgehead atoms. The Morgan fingerprint density at radius 3 is 2.50 bits per heavy atom. The fourth-order valence-electron chi connectivity index (χ4n) is 2.71. The van der Waals surface area contributed by atoms with Crippen molar-refractivity contribution >= 4 is 11.8 Å². The van der Waals surface area contributed by atoms with Crippen LogP contribution >= 0.6 is 11.8 Å². The summed E-state index contributed by atoms with van der Waals surface area (Å²) in [6.45, 7) is 17.6. The highest BCUT2D eigenvalue weighted by molar-refractivity contribution is 7.99. The first-order valence-corrected chi connectivity index (χ1v) is 8.57. The van der Waals surface area contributed by atoms with Gasteiger partial charge in [0.05, 0.1) is 0 Å². The maximum atomic E-state index is 3.75. The van der Waals surface area contributed by atoms with E-state index in [1.165, 1.54) is 24.6 Å². The molecule has 0 aliphatic carbocycles. The minimum absolute atomic E-state index is 0.367. The Balaban J connectivity index is 2.61. The van der Waals surface area contributed by atoms with Crippen molar-refractivity contribution in [2.75, 3.05) is 31.1 Å². The summed E-state index contributed by atoms with van der Waals surface area (Å²) in [7, 11) is 0. The van der Waals surface area contributed by atoms with E-state index >= 15 is 0 Å². The summed E-state index contributed by atoms with van der Waals surface area (Å²) in [5.74, 6) is 3.24. The average molecular weight is 273 g/mol. The Bertz CT molecular complexity index is 235. The number of thioether (sulfide) groups is 1. The van der Waals surface area contributed by atoms with Crippen molar-refractivity contribution < 1.29 is 0 Å². The highest BCUT2D eigenvalue weighted by atomic mass is 32.2. The minimum Gasteiger partial charge on any atom is -0.311 e. The molecule has 0 saturated carbocycles. The zero-order valence-electron chi connectivity index (χ0n) is 13.1. The van der Waals surface area contributed by atoms with E-state index in [0.29, 0.717) is 17.5 Å². The molecule has 1 heterocycles. The van der Waals surface area contributed by atoms with Gasteiger partial charge in [-0.25, -0.2) is 0 Å². The molecular weight excluding hydrogens is 240 g/mol. The fourth-order valence-corrected chi connectivity index (χ4v) is 3.36. The van der Waals surface area contributed by atoms with Gasteiger partial charge in [0.25, 0.3) is 0 Å². The number of hydrogen-bond donors (Lipinski definition) is 1. The summed E-state index contributed by atoms with van der Waals surface area (Å²) in [5.41, 5.74) is 0.367. The molecule has 0 radical (unpaired) electrons. The van der Waals surface area contributed by atoms with Crippen molar-refractivity contribution in [3.05, 3.63) is 0 Å². The van der Waals surface area contributed by atoms with Crippen molar-refractivity contribution in [2.24, 2.45) is 11.3 Å². The summed E-state index contributed by atoms with van der Waals surface area (Å²) in [6.07, 6.45) is 0. The molecule has 0 aromatic rings. The van der Waals surface area contributed by atoms with E-state index in [4.69, 9.17) is 0 Å². The van der Waals surface area contributed by atoms with Crippen LogP contribution in [0.4, 0.5) is 0 Å². The third kappa shape index (κ3) is 4.75. The maximum Gasteiger partial charge on any atom is 0.0270 e. The van der Waals surface area contributed by atoms with Gasteiger partial charge in [0.2, 0.25) is 0 Å². The van der Waals surface area contributed by atoms with Gasteiger partial charge >= 0.3 is 0 Å². The van der Waals surface area contributed by atoms with E-state index in [-0.39, 0.29) is 0 Å². The first-order chi connectivity index (χ1) is 8.36. The lowest BCUT2D eigenvalue weighted by Crippen LogP contribution is -2.62. The van der Waals surface area contributed by atoms with Crippen molar-refractivity contribution in [1.29, 1.82) is 0 Å². The van der Waals surface area contributed by atoms with Gasteiger partial charge in [-0.3, -0.25) is 4.90 Å². The lowest BCUT2D eigenvalue weighted by molar-refractivity contribution is 0.0516. The summed E-state index contributed by atoms with van der Waals surface area (Å²) in [6, 6.07) is 1.33. The number of piperazine rings is 1. The zero-order valence-corrected chi connectivity index (χ0v) is 13.9. The minimum atomic E-state index is 0.367. The normalized spacial score (nSPS) is 26.8. The first-order valence-electron chi connectivity index (χ1n) is 7.41. The molecular formula is C15H32N2S. The zero-order chi connectivity index (χ0) is 13.8. The summed E-state index contributed by atoms with van der Waals surface area (Å²) < 4.78 is 0. The van der Waals surface area contributed by atoms with Gasteiger partial charge in [0.15, 0.2) is 0 Å². The summed E-state index contributed by atoms with van der Waals surface area (Å²) >= 11 is 2.06. The van der Waals surface area contributed by atoms with E-state index in [1.54, 1.807) is 0 Å². The number of nitrogens with one attached hydrogen (secondary N) is 1. The van der Waals surface area contributed by atoms with Gasteiger partial charge in [-0.05, 0) is 17.1 Å². The fraction of sp³-hybridized carbons (Fsp3) is 1.00. The topological polar surface area (TPSA) is 15.3 Å². The van der Waals surface area contributed by atoms with Crippen molar-refractivity contribution in [3.8, 4) is 0 Å². The Labute approximate surface area is 118 Å². The van der Waals surface area contributed by atoms with Gasteiger partial charge in [0.1, 0.15) is 0 Å². The molecule has 0 spiro atoms. The number of nitrogens with zero attached hydrogens (tertiary/aromatic N) is 1. The highest BCUT2D eigenvalue weighted by Gasteiger charge is 2.35. The standard InChI is InChI=1S/C15H32N2S/c1-7-18-9-8-17-11-13(12(2)3)16-10-14(17)15(4,5)6/h12-14,16H,7-11H2,1-6H3. The molecule has 1 saturated heterocycles. The number of rotatable bonds is 5. The van der Waals surface area contributed by atoms with Crippen molar-refractivity contribution in [3.63, 3.8) is 0 Å². The van der Waals surface area contributed by atoms with Crippen LogP contribution in [0.2, 0.25) is 0 Å². The molecule has 2 atom stereocenters. The Morgan fingerprint density at radius 2 is 2.00 bits per heavy atom. The molecule has 2 unspecified atom stereocenters. The van der Waals surface area contributed by atoms with Crippen molar-refractivity contribution in [2.45, 2.75) is 53.6 Å². The predicted octanol–water partition coefficient (Wildman–Crippen LogP) is 3.08. The van der Waals surface area contributed by atoms with Gasteiger partial charge < -0.3 is 5.32 Å². The molecule has 1 aliphatic rings. The molecule has 1 fully saturated rings. The molecule has 1 N–H and O–H groups in total. The van der Waals surface area contributed by atoms with Crippen LogP contribution in [0, 0.1) is 11.3 Å². The van der Waals surface area contributed by atoms with Crippen LogP contribution in [0.1, 0.15) is 41.5 Å². The highest BCUT2D eigenvalue weighted by Crippen LogP contribution is 2.27. The lowest BCUT2D eigenvalue weighted by atomic mass is 9.83. The molecule has 0 aromatic heterocycles. The van der Waals surface area contributed by atoms with Gasteiger partial charge in [-0.15, -0.1) is 0 Å². The Morgan fingerprint density at radius 1 is 1.33 bits per heavy atom. The van der Waals surface area contributed by atoms with Crippen LogP contribution in [0.25, 0.3) is 0 Å². The first kappa shape index (κ1) is 16.3. The molecule has 0 amide bonds.